The van der Waals surface area contributed by atoms with Crippen molar-refractivity contribution < 1.29 is 14.3 Å². The van der Waals surface area contributed by atoms with Gasteiger partial charge in [0.1, 0.15) is 11.2 Å². The Morgan fingerprint density at radius 3 is 2.63 bits per heavy atom. The van der Waals surface area contributed by atoms with Gasteiger partial charge in [0.2, 0.25) is 0 Å². The number of carbonyl (C=O) groups is 2. The number of nitrogens with zero attached hydrogens (tertiary/aromatic N) is 1. The van der Waals surface area contributed by atoms with Crippen molar-refractivity contribution in [2.24, 2.45) is 0 Å². The number of anilines is 2. The topological polar surface area (TPSA) is 96.1 Å². The van der Waals surface area contributed by atoms with Gasteiger partial charge in [0, 0.05) is 29.2 Å². The van der Waals surface area contributed by atoms with Crippen molar-refractivity contribution >= 4 is 34.4 Å². The lowest BCUT2D eigenvalue weighted by Gasteiger charge is -2.20. The summed E-state index contributed by atoms with van der Waals surface area (Å²) in [6.07, 6.45) is 2.74. The molecule has 0 spiro atoms. The highest BCUT2D eigenvalue weighted by Crippen LogP contribution is 2.22. The third-order valence-electron chi connectivity index (χ3n) is 3.79. The summed E-state index contributed by atoms with van der Waals surface area (Å²) in [5.41, 5.74) is 2.59. The number of ether oxygens (including phenoxy) is 1. The quantitative estimate of drug-likeness (QED) is 0.637. The van der Waals surface area contributed by atoms with Crippen LogP contribution in [0, 0.1) is 6.92 Å². The predicted octanol–water partition coefficient (Wildman–Crippen LogP) is 4.47. The SMILES string of the molecule is Cc1ccc(NC(=O)OC(C)(C)C)cc1NC(=O)c1cnc2[nH]ccc2c1. The summed E-state index contributed by atoms with van der Waals surface area (Å²) in [6, 6.07) is 8.89. The van der Waals surface area contributed by atoms with Crippen molar-refractivity contribution in [2.45, 2.75) is 33.3 Å². The molecule has 0 fully saturated rings. The number of pyridine rings is 1. The third-order valence-corrected chi connectivity index (χ3v) is 3.79. The Balaban J connectivity index is 1.75. The van der Waals surface area contributed by atoms with Crippen LogP contribution in [0.15, 0.2) is 42.7 Å². The second-order valence-corrected chi connectivity index (χ2v) is 7.25. The summed E-state index contributed by atoms with van der Waals surface area (Å²) in [5.74, 6) is -0.275. The fourth-order valence-corrected chi connectivity index (χ4v) is 2.51. The number of carbonyl (C=O) groups excluding carboxylic acids is 2. The van der Waals surface area contributed by atoms with Gasteiger partial charge in [0.15, 0.2) is 0 Å². The molecule has 0 atom stereocenters. The molecule has 2 aromatic heterocycles. The lowest BCUT2D eigenvalue weighted by Crippen LogP contribution is -2.27. The maximum absolute atomic E-state index is 12.6. The summed E-state index contributed by atoms with van der Waals surface area (Å²) < 4.78 is 5.25. The van der Waals surface area contributed by atoms with Crippen LogP contribution in [-0.4, -0.2) is 27.6 Å². The predicted molar refractivity (Wildman–Crippen MR) is 105 cm³/mol. The lowest BCUT2D eigenvalue weighted by molar-refractivity contribution is 0.0636. The zero-order valence-electron chi connectivity index (χ0n) is 15.7. The van der Waals surface area contributed by atoms with Crippen LogP contribution in [0.5, 0.6) is 0 Å². The van der Waals surface area contributed by atoms with Gasteiger partial charge >= 0.3 is 6.09 Å². The summed E-state index contributed by atoms with van der Waals surface area (Å²) in [4.78, 5) is 31.7. The first kappa shape index (κ1) is 18.4. The molecule has 0 aliphatic rings. The van der Waals surface area contributed by atoms with Crippen LogP contribution in [0.4, 0.5) is 16.2 Å². The highest BCUT2D eigenvalue weighted by atomic mass is 16.6. The van der Waals surface area contributed by atoms with Crippen molar-refractivity contribution in [1.82, 2.24) is 9.97 Å². The molecule has 3 rings (SSSR count). The van der Waals surface area contributed by atoms with Crippen LogP contribution in [0.25, 0.3) is 11.0 Å². The standard InChI is InChI=1S/C20H22N4O3/c1-12-5-6-15(23-19(26)27-20(2,3)4)10-16(12)24-18(25)14-9-13-7-8-21-17(13)22-11-14/h5-11H,1-4H3,(H,21,22)(H,23,26)(H,24,25). The number of aromatic nitrogens is 2. The molecule has 3 aromatic rings. The Bertz CT molecular complexity index is 1000. The molecule has 0 aliphatic carbocycles. The van der Waals surface area contributed by atoms with Gasteiger partial charge < -0.3 is 15.0 Å². The molecular weight excluding hydrogens is 344 g/mol. The Morgan fingerprint density at radius 2 is 1.89 bits per heavy atom. The minimum atomic E-state index is -0.588. The van der Waals surface area contributed by atoms with E-state index in [1.165, 1.54) is 6.20 Å². The Kier molecular flexibility index (Phi) is 4.85. The maximum atomic E-state index is 12.6. The number of amides is 2. The molecule has 0 unspecified atom stereocenters. The van der Waals surface area contributed by atoms with E-state index in [0.717, 1.165) is 16.6 Å². The molecule has 2 heterocycles. The number of aryl methyl sites for hydroxylation is 1. The molecule has 0 saturated heterocycles. The average molecular weight is 366 g/mol. The molecule has 0 aliphatic heterocycles. The van der Waals surface area contributed by atoms with Crippen molar-refractivity contribution in [1.29, 1.82) is 0 Å². The van der Waals surface area contributed by atoms with Gasteiger partial charge in [0.05, 0.1) is 5.56 Å². The number of aromatic amines is 1. The summed E-state index contributed by atoms with van der Waals surface area (Å²) in [5, 5.41) is 6.40. The fraction of sp³-hybridized carbons (Fsp3) is 0.250. The first-order chi connectivity index (χ1) is 12.7. The number of benzene rings is 1. The van der Waals surface area contributed by atoms with E-state index in [4.69, 9.17) is 4.74 Å². The molecule has 0 bridgehead atoms. The minimum Gasteiger partial charge on any atom is -0.444 e. The Morgan fingerprint density at radius 1 is 1.11 bits per heavy atom. The van der Waals surface area contributed by atoms with Crippen LogP contribution >= 0.6 is 0 Å². The number of fused-ring (bicyclic) bond motifs is 1. The van der Waals surface area contributed by atoms with Gasteiger partial charge in [-0.3, -0.25) is 10.1 Å². The number of nitrogens with one attached hydrogen (secondary N) is 3. The van der Waals surface area contributed by atoms with E-state index in [1.54, 1.807) is 45.2 Å². The lowest BCUT2D eigenvalue weighted by atomic mass is 10.1. The molecular formula is C20H22N4O3. The fourth-order valence-electron chi connectivity index (χ4n) is 2.51. The van der Waals surface area contributed by atoms with Gasteiger partial charge in [-0.15, -0.1) is 0 Å². The van der Waals surface area contributed by atoms with E-state index in [1.807, 2.05) is 19.1 Å². The van der Waals surface area contributed by atoms with E-state index in [2.05, 4.69) is 20.6 Å². The van der Waals surface area contributed by atoms with E-state index in [0.29, 0.717) is 16.9 Å². The largest absolute Gasteiger partial charge is 0.444 e. The minimum absolute atomic E-state index is 0.275. The van der Waals surface area contributed by atoms with Crippen LogP contribution < -0.4 is 10.6 Å². The monoisotopic (exact) mass is 366 g/mol. The number of H-pyrrole nitrogens is 1. The van der Waals surface area contributed by atoms with Crippen molar-refractivity contribution in [3.05, 3.63) is 53.9 Å². The van der Waals surface area contributed by atoms with Crippen molar-refractivity contribution in [3.8, 4) is 0 Å². The highest BCUT2D eigenvalue weighted by molar-refractivity contribution is 6.06. The van der Waals surface area contributed by atoms with Gasteiger partial charge in [-0.2, -0.15) is 0 Å². The van der Waals surface area contributed by atoms with Crippen molar-refractivity contribution in [2.75, 3.05) is 10.6 Å². The highest BCUT2D eigenvalue weighted by Gasteiger charge is 2.17. The van der Waals surface area contributed by atoms with E-state index in [9.17, 15) is 9.59 Å². The molecule has 0 radical (unpaired) electrons. The van der Waals surface area contributed by atoms with Crippen LogP contribution in [-0.2, 0) is 4.74 Å². The van der Waals surface area contributed by atoms with E-state index in [-0.39, 0.29) is 5.91 Å². The molecule has 7 heteroatoms. The molecule has 7 nitrogen and oxygen atoms in total. The van der Waals surface area contributed by atoms with E-state index >= 15 is 0 Å². The summed E-state index contributed by atoms with van der Waals surface area (Å²) in [6.45, 7) is 7.26. The van der Waals surface area contributed by atoms with Crippen LogP contribution in [0.3, 0.4) is 0 Å². The maximum Gasteiger partial charge on any atom is 0.412 e. The summed E-state index contributed by atoms with van der Waals surface area (Å²) in [7, 11) is 0. The third kappa shape index (κ3) is 4.63. The molecule has 0 saturated carbocycles. The molecule has 2 amide bonds. The zero-order valence-corrected chi connectivity index (χ0v) is 15.7. The normalized spacial score (nSPS) is 11.3. The molecule has 3 N–H and O–H groups in total. The second kappa shape index (κ2) is 7.11. The molecule has 140 valence electrons. The second-order valence-electron chi connectivity index (χ2n) is 7.25. The average Bonchev–Trinajstić information content (AvgIpc) is 3.03. The number of hydrogen-bond donors (Lipinski definition) is 3. The van der Waals surface area contributed by atoms with Gasteiger partial charge in [0.25, 0.3) is 5.91 Å². The zero-order chi connectivity index (χ0) is 19.6. The first-order valence-corrected chi connectivity index (χ1v) is 8.56. The Labute approximate surface area is 157 Å². The molecule has 27 heavy (non-hydrogen) atoms. The first-order valence-electron chi connectivity index (χ1n) is 8.56. The van der Waals surface area contributed by atoms with Gasteiger partial charge in [-0.05, 0) is 57.5 Å². The van der Waals surface area contributed by atoms with Gasteiger partial charge in [-0.25, -0.2) is 9.78 Å². The Hall–Kier alpha value is -3.35. The number of rotatable bonds is 3. The van der Waals surface area contributed by atoms with E-state index < -0.39 is 11.7 Å². The summed E-state index contributed by atoms with van der Waals surface area (Å²) >= 11 is 0. The van der Waals surface area contributed by atoms with Crippen molar-refractivity contribution in [3.63, 3.8) is 0 Å². The smallest absolute Gasteiger partial charge is 0.412 e. The number of hydrogen-bond acceptors (Lipinski definition) is 4. The van der Waals surface area contributed by atoms with Crippen LogP contribution in [0.1, 0.15) is 36.7 Å². The van der Waals surface area contributed by atoms with Crippen LogP contribution in [0.2, 0.25) is 0 Å². The van der Waals surface area contributed by atoms with Gasteiger partial charge in [-0.1, -0.05) is 6.07 Å². The molecule has 1 aromatic carbocycles.